The van der Waals surface area contributed by atoms with E-state index in [-0.39, 0.29) is 0 Å². The molecule has 3 rings (SSSR count). The van der Waals surface area contributed by atoms with Gasteiger partial charge in [0.1, 0.15) is 0 Å². The van der Waals surface area contributed by atoms with Gasteiger partial charge in [0, 0.05) is 38.8 Å². The van der Waals surface area contributed by atoms with Crippen molar-refractivity contribution in [2.75, 3.05) is 32.7 Å². The van der Waals surface area contributed by atoms with Crippen molar-refractivity contribution in [3.63, 3.8) is 0 Å². The van der Waals surface area contributed by atoms with Gasteiger partial charge in [-0.2, -0.15) is 0 Å². The van der Waals surface area contributed by atoms with E-state index in [0.717, 1.165) is 17.4 Å². The van der Waals surface area contributed by atoms with Crippen molar-refractivity contribution < 1.29 is 0 Å². The van der Waals surface area contributed by atoms with E-state index >= 15 is 0 Å². The van der Waals surface area contributed by atoms with Crippen molar-refractivity contribution >= 4 is 0 Å². The van der Waals surface area contributed by atoms with Crippen LogP contribution in [0, 0.1) is 16.7 Å². The third-order valence-corrected chi connectivity index (χ3v) is 6.95. The van der Waals surface area contributed by atoms with Crippen molar-refractivity contribution in [2.24, 2.45) is 16.7 Å². The number of fused-ring (bicyclic) bond motifs is 2. The molecule has 1 saturated heterocycles. The fourth-order valence-corrected chi connectivity index (χ4v) is 5.29. The molecule has 0 amide bonds. The molecular formula is C18H34N2. The zero-order valence-corrected chi connectivity index (χ0v) is 14.1. The van der Waals surface area contributed by atoms with Gasteiger partial charge in [-0.3, -0.25) is 4.90 Å². The lowest BCUT2D eigenvalue weighted by atomic mass is 9.75. The Morgan fingerprint density at radius 1 is 0.850 bits per heavy atom. The average Bonchev–Trinajstić information content (AvgIpc) is 2.96. The van der Waals surface area contributed by atoms with Crippen LogP contribution in [0.2, 0.25) is 0 Å². The van der Waals surface area contributed by atoms with Gasteiger partial charge in [-0.25, -0.2) is 0 Å². The van der Waals surface area contributed by atoms with E-state index in [0.29, 0.717) is 5.41 Å². The van der Waals surface area contributed by atoms with Crippen LogP contribution >= 0.6 is 0 Å². The van der Waals surface area contributed by atoms with Gasteiger partial charge < -0.3 is 4.90 Å². The second-order valence-corrected chi connectivity index (χ2v) is 8.60. The van der Waals surface area contributed by atoms with Crippen LogP contribution in [0.1, 0.15) is 59.8 Å². The molecule has 1 aliphatic heterocycles. The summed E-state index contributed by atoms with van der Waals surface area (Å²) in [6, 6.07) is 0.724. The second kappa shape index (κ2) is 5.28. The van der Waals surface area contributed by atoms with E-state index < -0.39 is 0 Å². The Balaban J connectivity index is 1.55. The summed E-state index contributed by atoms with van der Waals surface area (Å²) in [5, 5.41) is 0. The molecule has 1 heterocycles. The van der Waals surface area contributed by atoms with Crippen LogP contribution in [0.25, 0.3) is 0 Å². The fraction of sp³-hybridized carbons (Fsp3) is 1.00. The number of rotatable bonds is 4. The normalized spacial score (nSPS) is 39.3. The van der Waals surface area contributed by atoms with Gasteiger partial charge in [0.05, 0.1) is 0 Å². The van der Waals surface area contributed by atoms with Crippen LogP contribution in [-0.4, -0.2) is 48.6 Å². The Morgan fingerprint density at radius 2 is 1.45 bits per heavy atom. The van der Waals surface area contributed by atoms with Crippen LogP contribution in [-0.2, 0) is 0 Å². The largest absolute Gasteiger partial charge is 0.300 e. The van der Waals surface area contributed by atoms with Crippen LogP contribution < -0.4 is 0 Å². The van der Waals surface area contributed by atoms with Gasteiger partial charge in [0.15, 0.2) is 0 Å². The van der Waals surface area contributed by atoms with Gasteiger partial charge in [-0.15, -0.1) is 0 Å². The van der Waals surface area contributed by atoms with E-state index in [1.54, 1.807) is 0 Å². The van der Waals surface area contributed by atoms with Gasteiger partial charge >= 0.3 is 0 Å². The molecule has 2 saturated carbocycles. The summed E-state index contributed by atoms with van der Waals surface area (Å²) in [6.07, 6.45) is 7.57. The zero-order valence-electron chi connectivity index (χ0n) is 14.1. The molecule has 116 valence electrons. The Labute approximate surface area is 125 Å². The summed E-state index contributed by atoms with van der Waals surface area (Å²) in [7, 11) is 0. The lowest BCUT2D eigenvalue weighted by molar-refractivity contribution is 0.0726. The lowest BCUT2D eigenvalue weighted by Crippen LogP contribution is -2.51. The highest BCUT2D eigenvalue weighted by Crippen LogP contribution is 2.64. The summed E-state index contributed by atoms with van der Waals surface area (Å²) in [5.41, 5.74) is 1.42. The van der Waals surface area contributed by atoms with Crippen LogP contribution in [0.5, 0.6) is 0 Å². The monoisotopic (exact) mass is 278 g/mol. The molecule has 2 heteroatoms. The first-order chi connectivity index (χ1) is 9.45. The minimum absolute atomic E-state index is 0.699. The van der Waals surface area contributed by atoms with Crippen molar-refractivity contribution in [1.29, 1.82) is 0 Å². The van der Waals surface area contributed by atoms with Gasteiger partial charge in [0.25, 0.3) is 0 Å². The molecule has 20 heavy (non-hydrogen) atoms. The summed E-state index contributed by atoms with van der Waals surface area (Å²) < 4.78 is 0. The molecule has 0 unspecified atom stereocenters. The van der Waals surface area contributed by atoms with Crippen molar-refractivity contribution in [3.05, 3.63) is 0 Å². The lowest BCUT2D eigenvalue weighted by Gasteiger charge is -2.41. The summed E-state index contributed by atoms with van der Waals surface area (Å²) >= 11 is 0. The fourth-order valence-electron chi connectivity index (χ4n) is 5.29. The molecule has 3 aliphatic rings. The molecule has 2 nitrogen and oxygen atoms in total. The highest BCUT2D eigenvalue weighted by atomic mass is 15.3. The van der Waals surface area contributed by atoms with Crippen LogP contribution in [0.15, 0.2) is 0 Å². The molecule has 0 N–H and O–H groups in total. The maximum absolute atomic E-state index is 2.78. The highest BCUT2D eigenvalue weighted by molar-refractivity contribution is 5.06. The maximum Gasteiger partial charge on any atom is 0.0113 e. The first-order valence-electron chi connectivity index (χ1n) is 8.91. The van der Waals surface area contributed by atoms with E-state index in [1.165, 1.54) is 64.8 Å². The molecular weight excluding hydrogens is 244 g/mol. The number of piperazine rings is 1. The average molecular weight is 278 g/mol. The van der Waals surface area contributed by atoms with Crippen molar-refractivity contribution in [3.8, 4) is 0 Å². The standard InChI is InChI=1S/C18H34N2/c1-15(2)18-7-5-17(13-18,6-8-18)14-19-9-11-20(12-10-19)16(3)4/h15-16H,5-14H2,1-4H3. The first-order valence-corrected chi connectivity index (χ1v) is 8.91. The van der Waals surface area contributed by atoms with Gasteiger partial charge in [0.2, 0.25) is 0 Å². The van der Waals surface area contributed by atoms with Crippen LogP contribution in [0.3, 0.4) is 0 Å². The molecule has 0 aromatic rings. The molecule has 0 spiro atoms. The van der Waals surface area contributed by atoms with Gasteiger partial charge in [-0.05, 0) is 62.7 Å². The summed E-state index contributed by atoms with van der Waals surface area (Å²) in [5.74, 6) is 0.893. The van der Waals surface area contributed by atoms with E-state index in [2.05, 4.69) is 37.5 Å². The second-order valence-electron chi connectivity index (χ2n) is 8.60. The predicted octanol–water partition coefficient (Wildman–Crippen LogP) is 3.62. The molecule has 0 aromatic heterocycles. The molecule has 0 atom stereocenters. The topological polar surface area (TPSA) is 6.48 Å². The third kappa shape index (κ3) is 2.54. The van der Waals surface area contributed by atoms with E-state index in [1.807, 2.05) is 0 Å². The molecule has 2 aliphatic carbocycles. The minimum atomic E-state index is 0.699. The number of nitrogens with zero attached hydrogens (tertiary/aromatic N) is 2. The number of hydrogen-bond donors (Lipinski definition) is 0. The first kappa shape index (κ1) is 14.8. The zero-order chi connectivity index (χ0) is 14.4. The molecule has 3 fully saturated rings. The van der Waals surface area contributed by atoms with Gasteiger partial charge in [-0.1, -0.05) is 13.8 Å². The Kier molecular flexibility index (Phi) is 3.92. The summed E-state index contributed by atoms with van der Waals surface area (Å²) in [6.45, 7) is 16.1. The predicted molar refractivity (Wildman–Crippen MR) is 85.9 cm³/mol. The smallest absolute Gasteiger partial charge is 0.0113 e. The van der Waals surface area contributed by atoms with E-state index in [4.69, 9.17) is 0 Å². The van der Waals surface area contributed by atoms with Crippen molar-refractivity contribution in [1.82, 2.24) is 9.80 Å². The maximum atomic E-state index is 2.78. The Bertz CT molecular complexity index is 331. The Morgan fingerprint density at radius 3 is 1.90 bits per heavy atom. The Hall–Kier alpha value is -0.0800. The summed E-state index contributed by atoms with van der Waals surface area (Å²) in [4.78, 5) is 5.41. The van der Waals surface area contributed by atoms with Crippen LogP contribution in [0.4, 0.5) is 0 Å². The van der Waals surface area contributed by atoms with E-state index in [9.17, 15) is 0 Å². The molecule has 2 bridgehead atoms. The highest BCUT2D eigenvalue weighted by Gasteiger charge is 2.55. The minimum Gasteiger partial charge on any atom is -0.300 e. The molecule has 0 radical (unpaired) electrons. The van der Waals surface area contributed by atoms with Crippen molar-refractivity contribution in [2.45, 2.75) is 65.8 Å². The molecule has 0 aromatic carbocycles. The SMILES string of the molecule is CC(C)N1CCN(CC23CCC(C(C)C)(CC2)C3)CC1. The number of hydrogen-bond acceptors (Lipinski definition) is 2. The third-order valence-electron chi connectivity index (χ3n) is 6.95. The quantitative estimate of drug-likeness (QED) is 0.775.